The van der Waals surface area contributed by atoms with Gasteiger partial charge in [-0.25, -0.2) is 4.98 Å². The normalized spacial score (nSPS) is 19.3. The molecule has 2 aromatic heterocycles. The average Bonchev–Trinajstić information content (AvgIpc) is 3.53. The highest BCUT2D eigenvalue weighted by atomic mass is 32.2. The standard InChI is InChI=1S/C29H31N5O4S2/c1-4-19(3)34-28(36)24(40-29(34)39)15-21-26(30-25-18(2)6-5-9-33(25)27(21)35)32-12-10-31(11-13-32)16-20-7-8-22-23(14-20)38-17-37-22/h5-9,14-15,19H,4,10-13,16-17H2,1-3H3. The number of nitrogens with zero attached hydrogens (tertiary/aromatic N) is 5. The second-order valence-corrected chi connectivity index (χ2v) is 12.0. The van der Waals surface area contributed by atoms with E-state index in [1.807, 2.05) is 45.0 Å². The largest absolute Gasteiger partial charge is 0.454 e. The van der Waals surface area contributed by atoms with Crippen LogP contribution in [0.2, 0.25) is 0 Å². The molecule has 0 spiro atoms. The maximum absolute atomic E-state index is 13.8. The number of amides is 1. The van der Waals surface area contributed by atoms with Gasteiger partial charge in [0.05, 0.1) is 10.5 Å². The molecule has 208 valence electrons. The topological polar surface area (TPSA) is 79.6 Å². The van der Waals surface area contributed by atoms with E-state index in [0.29, 0.717) is 39.3 Å². The molecule has 2 saturated heterocycles. The lowest BCUT2D eigenvalue weighted by atomic mass is 10.1. The van der Waals surface area contributed by atoms with E-state index in [1.54, 1.807) is 21.6 Å². The quantitative estimate of drug-likeness (QED) is 0.318. The van der Waals surface area contributed by atoms with Crippen LogP contribution in [0.4, 0.5) is 5.82 Å². The van der Waals surface area contributed by atoms with Gasteiger partial charge >= 0.3 is 0 Å². The molecular formula is C29H31N5O4S2. The Kier molecular flexibility index (Phi) is 7.28. The van der Waals surface area contributed by atoms with Gasteiger partial charge in [0.2, 0.25) is 6.79 Å². The number of rotatable bonds is 6. The molecule has 0 radical (unpaired) electrons. The van der Waals surface area contributed by atoms with Crippen LogP contribution >= 0.6 is 24.0 Å². The first kappa shape index (κ1) is 26.8. The van der Waals surface area contributed by atoms with Gasteiger partial charge in [-0.3, -0.25) is 23.8 Å². The zero-order valence-corrected chi connectivity index (χ0v) is 24.4. The van der Waals surface area contributed by atoms with Crippen molar-refractivity contribution in [1.82, 2.24) is 19.2 Å². The third-order valence-electron chi connectivity index (χ3n) is 7.71. The lowest BCUT2D eigenvalue weighted by Crippen LogP contribution is -2.47. The van der Waals surface area contributed by atoms with E-state index in [2.05, 4.69) is 15.9 Å². The van der Waals surface area contributed by atoms with Gasteiger partial charge in [0.25, 0.3) is 11.5 Å². The molecule has 3 aromatic rings. The van der Waals surface area contributed by atoms with Crippen LogP contribution < -0.4 is 19.9 Å². The van der Waals surface area contributed by atoms with Gasteiger partial charge in [-0.2, -0.15) is 0 Å². The number of hydrogen-bond donors (Lipinski definition) is 0. The van der Waals surface area contributed by atoms with Gasteiger partial charge in [-0.15, -0.1) is 0 Å². The SMILES string of the molecule is CCC(C)N1C(=O)C(=Cc2c(N3CCN(Cc4ccc5c(c4)OCO5)CC3)nc3c(C)cccn3c2=O)SC1=S. The van der Waals surface area contributed by atoms with Gasteiger partial charge in [-0.05, 0) is 55.7 Å². The van der Waals surface area contributed by atoms with Crippen LogP contribution in [0.15, 0.2) is 46.2 Å². The first-order chi connectivity index (χ1) is 19.3. The van der Waals surface area contributed by atoms with Crippen LogP contribution in [-0.2, 0) is 11.3 Å². The summed E-state index contributed by atoms with van der Waals surface area (Å²) in [6.07, 6.45) is 4.22. The molecule has 1 atom stereocenters. The summed E-state index contributed by atoms with van der Waals surface area (Å²) >= 11 is 6.78. The number of carbonyl (C=O) groups excluding carboxylic acids is 1. The number of thioether (sulfide) groups is 1. The molecule has 3 aliphatic rings. The third-order valence-corrected chi connectivity index (χ3v) is 9.04. The zero-order chi connectivity index (χ0) is 28.0. The van der Waals surface area contributed by atoms with Gasteiger partial charge in [0, 0.05) is 45.0 Å². The first-order valence-corrected chi connectivity index (χ1v) is 14.7. The number of aromatic nitrogens is 2. The van der Waals surface area contributed by atoms with E-state index in [0.717, 1.165) is 43.1 Å². The summed E-state index contributed by atoms with van der Waals surface area (Å²) in [7, 11) is 0. The Labute approximate surface area is 242 Å². The fourth-order valence-electron chi connectivity index (χ4n) is 5.26. The minimum atomic E-state index is -0.194. The van der Waals surface area contributed by atoms with Crippen LogP contribution in [-0.4, -0.2) is 68.4 Å². The Hall–Kier alpha value is -3.41. The predicted octanol–water partition coefficient (Wildman–Crippen LogP) is 4.05. The van der Waals surface area contributed by atoms with E-state index >= 15 is 0 Å². The van der Waals surface area contributed by atoms with Crippen LogP contribution in [0.5, 0.6) is 11.5 Å². The Bertz CT molecular complexity index is 1600. The van der Waals surface area contributed by atoms with Crippen molar-refractivity contribution >= 4 is 51.7 Å². The molecule has 6 rings (SSSR count). The number of hydrogen-bond acceptors (Lipinski definition) is 9. The van der Waals surface area contributed by atoms with Crippen molar-refractivity contribution in [3.63, 3.8) is 0 Å². The highest BCUT2D eigenvalue weighted by Crippen LogP contribution is 2.36. The smallest absolute Gasteiger partial charge is 0.267 e. The highest BCUT2D eigenvalue weighted by Gasteiger charge is 2.35. The number of benzene rings is 1. The molecule has 9 nitrogen and oxygen atoms in total. The minimum absolute atomic E-state index is 0.00539. The average molecular weight is 578 g/mol. The number of pyridine rings is 1. The number of anilines is 1. The fraction of sp³-hybridized carbons (Fsp3) is 0.379. The number of carbonyl (C=O) groups is 1. The summed E-state index contributed by atoms with van der Waals surface area (Å²) in [5, 5.41) is 0. The molecular weight excluding hydrogens is 546 g/mol. The summed E-state index contributed by atoms with van der Waals surface area (Å²) in [6, 6.07) is 9.85. The molecule has 0 saturated carbocycles. The number of thiocarbonyl (C=S) groups is 1. The summed E-state index contributed by atoms with van der Waals surface area (Å²) in [5.41, 5.74) is 2.92. The highest BCUT2D eigenvalue weighted by molar-refractivity contribution is 8.26. The zero-order valence-electron chi connectivity index (χ0n) is 22.8. The van der Waals surface area contributed by atoms with Gasteiger partial charge in [0.15, 0.2) is 11.5 Å². The number of piperazine rings is 1. The summed E-state index contributed by atoms with van der Waals surface area (Å²) in [5.74, 6) is 2.02. The molecule has 5 heterocycles. The summed E-state index contributed by atoms with van der Waals surface area (Å²) in [4.78, 5) is 38.8. The summed E-state index contributed by atoms with van der Waals surface area (Å²) in [6.45, 7) is 10.0. The first-order valence-electron chi connectivity index (χ1n) is 13.5. The van der Waals surface area contributed by atoms with E-state index < -0.39 is 0 Å². The van der Waals surface area contributed by atoms with E-state index in [9.17, 15) is 9.59 Å². The van der Waals surface area contributed by atoms with Gasteiger partial charge in [-0.1, -0.05) is 43.0 Å². The van der Waals surface area contributed by atoms with Crippen molar-refractivity contribution in [3.05, 3.63) is 68.5 Å². The molecule has 3 aliphatic heterocycles. The molecule has 1 unspecified atom stereocenters. The van der Waals surface area contributed by atoms with Crippen molar-refractivity contribution in [2.45, 2.75) is 39.8 Å². The van der Waals surface area contributed by atoms with Crippen molar-refractivity contribution in [2.75, 3.05) is 37.9 Å². The molecule has 0 aliphatic carbocycles. The predicted molar refractivity (Wildman–Crippen MR) is 161 cm³/mol. The molecule has 0 N–H and O–H groups in total. The number of fused-ring (bicyclic) bond motifs is 2. The molecule has 11 heteroatoms. The Balaban J connectivity index is 1.30. The molecule has 1 amide bonds. The van der Waals surface area contributed by atoms with Crippen molar-refractivity contribution < 1.29 is 14.3 Å². The number of ether oxygens (including phenoxy) is 2. The van der Waals surface area contributed by atoms with Crippen LogP contribution in [0.1, 0.15) is 37.0 Å². The van der Waals surface area contributed by atoms with Gasteiger partial charge in [0.1, 0.15) is 15.8 Å². The second-order valence-electron chi connectivity index (χ2n) is 10.3. The molecule has 1 aromatic carbocycles. The molecule has 0 bridgehead atoms. The lowest BCUT2D eigenvalue weighted by Gasteiger charge is -2.36. The van der Waals surface area contributed by atoms with Crippen molar-refractivity contribution in [3.8, 4) is 11.5 Å². The Morgan fingerprint density at radius 2 is 1.90 bits per heavy atom. The molecule has 2 fully saturated rings. The Morgan fingerprint density at radius 1 is 1.12 bits per heavy atom. The second kappa shape index (κ2) is 10.9. The van der Waals surface area contributed by atoms with E-state index in [-0.39, 0.29) is 24.3 Å². The van der Waals surface area contributed by atoms with Gasteiger partial charge < -0.3 is 14.4 Å². The minimum Gasteiger partial charge on any atom is -0.454 e. The van der Waals surface area contributed by atoms with E-state index in [4.69, 9.17) is 26.7 Å². The van der Waals surface area contributed by atoms with Crippen LogP contribution in [0.3, 0.4) is 0 Å². The van der Waals surface area contributed by atoms with Crippen molar-refractivity contribution in [1.29, 1.82) is 0 Å². The maximum Gasteiger partial charge on any atom is 0.267 e. The monoisotopic (exact) mass is 577 g/mol. The maximum atomic E-state index is 13.8. The van der Waals surface area contributed by atoms with Crippen LogP contribution in [0.25, 0.3) is 11.7 Å². The molecule has 40 heavy (non-hydrogen) atoms. The Morgan fingerprint density at radius 3 is 2.67 bits per heavy atom. The lowest BCUT2D eigenvalue weighted by molar-refractivity contribution is -0.123. The van der Waals surface area contributed by atoms with Crippen LogP contribution in [0, 0.1) is 6.92 Å². The van der Waals surface area contributed by atoms with E-state index in [1.165, 1.54) is 17.3 Å². The fourth-order valence-corrected chi connectivity index (χ4v) is 6.70. The van der Waals surface area contributed by atoms with Crippen molar-refractivity contribution in [2.24, 2.45) is 0 Å². The third kappa shape index (κ3) is 4.86. The number of aryl methyl sites for hydroxylation is 1. The summed E-state index contributed by atoms with van der Waals surface area (Å²) < 4.78 is 13.1.